The summed E-state index contributed by atoms with van der Waals surface area (Å²) in [6.45, 7) is 8.11. The molecule has 0 aliphatic carbocycles. The standard InChI is InChI=1S/C27H30FN3O2/c1-20-7-12-26(21(2)17-20)33-19-27(32)29-23-8-10-24(11-9-23)31-15-13-30(14-16-31)18-22-5-3-4-6-25(22)28/h3-12,17H,13-16,18-19H2,1-2H3,(H,29,32). The molecule has 0 spiro atoms. The smallest absolute Gasteiger partial charge is 0.262 e. The lowest BCUT2D eigenvalue weighted by molar-refractivity contribution is -0.118. The quantitative estimate of drug-likeness (QED) is 0.566. The number of ether oxygens (including phenoxy) is 1. The minimum absolute atomic E-state index is 0.0321. The summed E-state index contributed by atoms with van der Waals surface area (Å²) in [6.07, 6.45) is 0. The van der Waals surface area contributed by atoms with Crippen LogP contribution < -0.4 is 15.0 Å². The molecule has 0 unspecified atom stereocenters. The van der Waals surface area contributed by atoms with E-state index < -0.39 is 0 Å². The second kappa shape index (κ2) is 10.5. The topological polar surface area (TPSA) is 44.8 Å². The first-order valence-electron chi connectivity index (χ1n) is 11.3. The van der Waals surface area contributed by atoms with Crippen molar-refractivity contribution in [3.8, 4) is 5.75 Å². The molecule has 6 heteroatoms. The molecule has 1 aliphatic heterocycles. The van der Waals surface area contributed by atoms with Crippen molar-refractivity contribution >= 4 is 17.3 Å². The fourth-order valence-electron chi connectivity index (χ4n) is 4.09. The van der Waals surface area contributed by atoms with Crippen LogP contribution >= 0.6 is 0 Å². The number of hydrogen-bond acceptors (Lipinski definition) is 4. The van der Waals surface area contributed by atoms with Gasteiger partial charge in [-0.15, -0.1) is 0 Å². The highest BCUT2D eigenvalue weighted by atomic mass is 19.1. The Bertz CT molecular complexity index is 1090. The molecule has 3 aromatic carbocycles. The van der Waals surface area contributed by atoms with E-state index in [0.717, 1.165) is 60.0 Å². The van der Waals surface area contributed by atoms with Crippen molar-refractivity contribution < 1.29 is 13.9 Å². The second-order valence-corrected chi connectivity index (χ2v) is 8.51. The zero-order valence-electron chi connectivity index (χ0n) is 19.2. The maximum absolute atomic E-state index is 13.9. The van der Waals surface area contributed by atoms with Crippen molar-refractivity contribution in [2.45, 2.75) is 20.4 Å². The van der Waals surface area contributed by atoms with Crippen LogP contribution in [0.15, 0.2) is 66.7 Å². The van der Waals surface area contributed by atoms with Gasteiger partial charge < -0.3 is 15.0 Å². The molecule has 33 heavy (non-hydrogen) atoms. The van der Waals surface area contributed by atoms with Crippen LogP contribution in [0.4, 0.5) is 15.8 Å². The Morgan fingerprint density at radius 2 is 1.70 bits per heavy atom. The molecule has 3 aromatic rings. The van der Waals surface area contributed by atoms with Crippen LogP contribution in [-0.4, -0.2) is 43.6 Å². The van der Waals surface area contributed by atoms with Crippen molar-refractivity contribution in [2.24, 2.45) is 0 Å². The molecule has 0 atom stereocenters. The van der Waals surface area contributed by atoms with E-state index in [1.165, 1.54) is 6.07 Å². The summed E-state index contributed by atoms with van der Waals surface area (Å²) in [4.78, 5) is 16.9. The Labute approximate surface area is 194 Å². The number of rotatable bonds is 7. The van der Waals surface area contributed by atoms with Crippen molar-refractivity contribution in [3.05, 3.63) is 89.2 Å². The lowest BCUT2D eigenvalue weighted by Gasteiger charge is -2.36. The largest absolute Gasteiger partial charge is 0.483 e. The Balaban J connectivity index is 1.24. The van der Waals surface area contributed by atoms with Crippen LogP contribution in [0.1, 0.15) is 16.7 Å². The molecule has 0 bridgehead atoms. The number of anilines is 2. The molecule has 1 heterocycles. The number of aryl methyl sites for hydroxylation is 2. The van der Waals surface area contributed by atoms with Crippen molar-refractivity contribution in [3.63, 3.8) is 0 Å². The number of carbonyl (C=O) groups is 1. The Kier molecular flexibility index (Phi) is 7.25. The van der Waals surface area contributed by atoms with Crippen LogP contribution in [0.25, 0.3) is 0 Å². The SMILES string of the molecule is Cc1ccc(OCC(=O)Nc2ccc(N3CCN(Cc4ccccc4F)CC3)cc2)c(C)c1. The van der Waals surface area contributed by atoms with E-state index in [9.17, 15) is 9.18 Å². The van der Waals surface area contributed by atoms with E-state index in [1.807, 2.05) is 68.4 Å². The maximum atomic E-state index is 13.9. The first kappa shape index (κ1) is 22.8. The van der Waals surface area contributed by atoms with Gasteiger partial charge in [0.25, 0.3) is 5.91 Å². The average Bonchev–Trinajstić information content (AvgIpc) is 2.81. The van der Waals surface area contributed by atoms with Gasteiger partial charge in [0.15, 0.2) is 6.61 Å². The first-order valence-corrected chi connectivity index (χ1v) is 11.3. The van der Waals surface area contributed by atoms with Gasteiger partial charge >= 0.3 is 0 Å². The molecule has 1 amide bonds. The van der Waals surface area contributed by atoms with Crippen LogP contribution in [0, 0.1) is 19.7 Å². The van der Waals surface area contributed by atoms with Gasteiger partial charge in [-0.3, -0.25) is 9.69 Å². The lowest BCUT2D eigenvalue weighted by atomic mass is 10.1. The number of piperazine rings is 1. The number of nitrogens with zero attached hydrogens (tertiary/aromatic N) is 2. The zero-order chi connectivity index (χ0) is 23.2. The number of benzene rings is 3. The van der Waals surface area contributed by atoms with Gasteiger partial charge in [0, 0.05) is 49.7 Å². The average molecular weight is 448 g/mol. The highest BCUT2D eigenvalue weighted by Crippen LogP contribution is 2.21. The van der Waals surface area contributed by atoms with Crippen LogP contribution in [0.3, 0.4) is 0 Å². The number of hydrogen-bond donors (Lipinski definition) is 1. The van der Waals surface area contributed by atoms with E-state index in [1.54, 1.807) is 6.07 Å². The molecule has 1 aliphatic rings. The Morgan fingerprint density at radius 3 is 2.39 bits per heavy atom. The molecular formula is C27H30FN3O2. The molecule has 0 aromatic heterocycles. The summed E-state index contributed by atoms with van der Waals surface area (Å²) in [7, 11) is 0. The van der Waals surface area contributed by atoms with Gasteiger partial charge in [0.05, 0.1) is 0 Å². The summed E-state index contributed by atoms with van der Waals surface area (Å²) in [6, 6.07) is 20.7. The van der Waals surface area contributed by atoms with E-state index in [-0.39, 0.29) is 18.3 Å². The third kappa shape index (κ3) is 6.11. The molecule has 4 rings (SSSR count). The van der Waals surface area contributed by atoms with Gasteiger partial charge in [0.2, 0.25) is 0 Å². The second-order valence-electron chi connectivity index (χ2n) is 8.51. The summed E-state index contributed by atoms with van der Waals surface area (Å²) < 4.78 is 19.6. The number of amides is 1. The predicted molar refractivity (Wildman–Crippen MR) is 130 cm³/mol. The normalized spacial score (nSPS) is 14.2. The van der Waals surface area contributed by atoms with E-state index >= 15 is 0 Å². The highest BCUT2D eigenvalue weighted by molar-refractivity contribution is 5.92. The zero-order valence-corrected chi connectivity index (χ0v) is 19.2. The molecule has 0 saturated carbocycles. The Hall–Kier alpha value is -3.38. The third-order valence-electron chi connectivity index (χ3n) is 5.93. The molecule has 1 saturated heterocycles. The Morgan fingerprint density at radius 1 is 0.970 bits per heavy atom. The highest BCUT2D eigenvalue weighted by Gasteiger charge is 2.18. The summed E-state index contributed by atoms with van der Waals surface area (Å²) >= 11 is 0. The van der Waals surface area contributed by atoms with Gasteiger partial charge in [0.1, 0.15) is 11.6 Å². The molecule has 1 N–H and O–H groups in total. The molecule has 5 nitrogen and oxygen atoms in total. The maximum Gasteiger partial charge on any atom is 0.262 e. The minimum Gasteiger partial charge on any atom is -0.483 e. The minimum atomic E-state index is -0.190. The molecule has 0 radical (unpaired) electrons. The van der Waals surface area contributed by atoms with Crippen LogP contribution in [0.2, 0.25) is 0 Å². The van der Waals surface area contributed by atoms with Gasteiger partial charge in [-0.05, 0) is 55.8 Å². The summed E-state index contributed by atoms with van der Waals surface area (Å²) in [5, 5.41) is 2.89. The van der Waals surface area contributed by atoms with E-state index in [0.29, 0.717) is 6.54 Å². The lowest BCUT2D eigenvalue weighted by Crippen LogP contribution is -2.46. The van der Waals surface area contributed by atoms with Crippen molar-refractivity contribution in [2.75, 3.05) is 43.0 Å². The predicted octanol–water partition coefficient (Wildman–Crippen LogP) is 4.78. The van der Waals surface area contributed by atoms with Gasteiger partial charge in [-0.2, -0.15) is 0 Å². The number of nitrogens with one attached hydrogen (secondary N) is 1. The summed E-state index contributed by atoms with van der Waals surface area (Å²) in [5.41, 5.74) is 4.78. The fourth-order valence-corrected chi connectivity index (χ4v) is 4.09. The van der Waals surface area contributed by atoms with E-state index in [2.05, 4.69) is 15.1 Å². The molecular weight excluding hydrogens is 417 g/mol. The van der Waals surface area contributed by atoms with Crippen molar-refractivity contribution in [1.82, 2.24) is 4.90 Å². The van der Waals surface area contributed by atoms with Crippen LogP contribution in [0.5, 0.6) is 5.75 Å². The van der Waals surface area contributed by atoms with E-state index in [4.69, 9.17) is 4.74 Å². The fraction of sp³-hybridized carbons (Fsp3) is 0.296. The van der Waals surface area contributed by atoms with Crippen LogP contribution in [-0.2, 0) is 11.3 Å². The van der Waals surface area contributed by atoms with Crippen molar-refractivity contribution in [1.29, 1.82) is 0 Å². The molecule has 1 fully saturated rings. The monoisotopic (exact) mass is 447 g/mol. The third-order valence-corrected chi connectivity index (χ3v) is 5.93. The number of carbonyl (C=O) groups excluding carboxylic acids is 1. The van der Waals surface area contributed by atoms with Gasteiger partial charge in [-0.1, -0.05) is 35.9 Å². The molecule has 172 valence electrons. The summed E-state index contributed by atoms with van der Waals surface area (Å²) in [5.74, 6) is 0.390. The van der Waals surface area contributed by atoms with Gasteiger partial charge in [-0.25, -0.2) is 4.39 Å². The number of halogens is 1. The first-order chi connectivity index (χ1) is 16.0.